The minimum Gasteiger partial charge on any atom is -0.352 e. The number of primary amides is 1. The van der Waals surface area contributed by atoms with Gasteiger partial charge in [0.2, 0.25) is 5.91 Å². The first kappa shape index (κ1) is 25.1. The number of carbonyl (C=O) groups excluding carboxylic acids is 3. The summed E-state index contributed by atoms with van der Waals surface area (Å²) in [6.07, 6.45) is 2.99. The van der Waals surface area contributed by atoms with Crippen LogP contribution in [0.1, 0.15) is 47.5 Å². The van der Waals surface area contributed by atoms with Crippen molar-refractivity contribution in [1.29, 1.82) is 0 Å². The lowest BCUT2D eigenvalue weighted by atomic mass is 9.84. The van der Waals surface area contributed by atoms with E-state index in [9.17, 15) is 14.4 Å². The molecule has 26 heavy (non-hydrogen) atoms. The maximum Gasteiger partial charge on any atom is 0.312 e. The summed E-state index contributed by atoms with van der Waals surface area (Å²) >= 11 is 0. The highest BCUT2D eigenvalue weighted by atomic mass is 33.1. The normalized spacial score (nSPS) is 14.0. The van der Waals surface area contributed by atoms with Gasteiger partial charge in [0, 0.05) is 12.0 Å². The first-order valence-corrected chi connectivity index (χ1v) is 11.5. The van der Waals surface area contributed by atoms with Gasteiger partial charge in [0.15, 0.2) is 5.78 Å². The number of nitrogens with two attached hydrogens (primary N) is 1. The molecule has 0 bridgehead atoms. The lowest BCUT2D eigenvalue weighted by Crippen LogP contribution is -2.54. The van der Waals surface area contributed by atoms with Gasteiger partial charge in [-0.3, -0.25) is 14.9 Å². The molecule has 0 aliphatic carbocycles. The summed E-state index contributed by atoms with van der Waals surface area (Å²) in [7, 11) is 3.26. The second kappa shape index (κ2) is 12.5. The fraction of sp³-hybridized carbons (Fsp3) is 0.824. The van der Waals surface area contributed by atoms with Crippen LogP contribution in [0.25, 0.3) is 0 Å². The van der Waals surface area contributed by atoms with Crippen molar-refractivity contribution in [3.8, 4) is 0 Å². The molecule has 9 heteroatoms. The number of urea groups is 1. The zero-order valence-corrected chi connectivity index (χ0v) is 18.3. The molecule has 3 amide bonds. The van der Waals surface area contributed by atoms with Crippen LogP contribution in [0, 0.1) is 11.3 Å². The lowest BCUT2D eigenvalue weighted by Gasteiger charge is -2.28. The molecule has 2 unspecified atom stereocenters. The van der Waals surface area contributed by atoms with Crippen LogP contribution in [0.4, 0.5) is 4.79 Å². The predicted molar refractivity (Wildman–Crippen MR) is 111 cm³/mol. The van der Waals surface area contributed by atoms with Crippen LogP contribution in [-0.2, 0) is 9.59 Å². The maximum atomic E-state index is 12.7. The van der Waals surface area contributed by atoms with Gasteiger partial charge in [-0.05, 0) is 25.0 Å². The average molecular weight is 407 g/mol. The topological polar surface area (TPSA) is 113 Å². The van der Waals surface area contributed by atoms with Gasteiger partial charge in [-0.25, -0.2) is 4.79 Å². The van der Waals surface area contributed by atoms with Gasteiger partial charge in [0.05, 0.1) is 18.0 Å². The molecule has 0 heterocycles. The zero-order valence-electron chi connectivity index (χ0n) is 16.7. The number of nitrogens with one attached hydrogen (secondary N) is 3. The van der Waals surface area contributed by atoms with E-state index in [1.807, 2.05) is 40.9 Å². The Morgan fingerprint density at radius 3 is 2.23 bits per heavy atom. The van der Waals surface area contributed by atoms with E-state index < -0.39 is 17.5 Å². The van der Waals surface area contributed by atoms with Crippen LogP contribution in [0.5, 0.6) is 0 Å². The van der Waals surface area contributed by atoms with Crippen LogP contribution in [0.15, 0.2) is 0 Å². The molecule has 2 atom stereocenters. The summed E-state index contributed by atoms with van der Waals surface area (Å²) in [4.78, 5) is 36.2. The Bertz CT molecular complexity index is 467. The summed E-state index contributed by atoms with van der Waals surface area (Å²) in [6, 6.07) is -1.55. The third-order valence-electron chi connectivity index (χ3n) is 3.77. The molecule has 0 aliphatic heterocycles. The van der Waals surface area contributed by atoms with Gasteiger partial charge >= 0.3 is 6.03 Å². The summed E-state index contributed by atoms with van der Waals surface area (Å²) in [5.74, 6) is 0.551. The van der Waals surface area contributed by atoms with Crippen LogP contribution in [0.2, 0.25) is 0 Å². The molecule has 5 N–H and O–H groups in total. The SMILES string of the molecule is CSSCNC(C(=O)NC(CCCNC(N)=O)C(=O)C(C)(C)C)C(C)C. The molecule has 0 fully saturated rings. The number of ketones is 1. The van der Waals surface area contributed by atoms with Gasteiger partial charge in [0.1, 0.15) is 0 Å². The van der Waals surface area contributed by atoms with Crippen molar-refractivity contribution in [3.05, 3.63) is 0 Å². The fourth-order valence-corrected chi connectivity index (χ4v) is 3.31. The Kier molecular flexibility index (Phi) is 12.0. The molecule has 0 spiro atoms. The van der Waals surface area contributed by atoms with E-state index in [1.165, 1.54) is 0 Å². The Morgan fingerprint density at radius 2 is 1.77 bits per heavy atom. The highest BCUT2D eigenvalue weighted by Crippen LogP contribution is 2.20. The second-order valence-corrected chi connectivity index (χ2v) is 10.0. The van der Waals surface area contributed by atoms with Crippen molar-refractivity contribution < 1.29 is 14.4 Å². The number of Topliss-reactive ketones (excluding diaryl/α,β-unsaturated/α-hetero) is 1. The standard InChI is InChI=1S/C17H34N4O3S2/c1-11(2)13(20-10-26-25-6)15(23)21-12(14(22)17(3,4)5)8-7-9-19-16(18)24/h11-13,20H,7-10H2,1-6H3,(H,21,23)(H3,18,19,24). The van der Waals surface area contributed by atoms with Gasteiger partial charge < -0.3 is 16.4 Å². The molecule has 0 aromatic carbocycles. The highest BCUT2D eigenvalue weighted by Gasteiger charge is 2.32. The minimum absolute atomic E-state index is 0.0223. The molecule has 0 aromatic rings. The van der Waals surface area contributed by atoms with Gasteiger partial charge in [0.25, 0.3) is 0 Å². The number of rotatable bonds is 12. The Balaban J connectivity index is 4.96. The lowest BCUT2D eigenvalue weighted by molar-refractivity contribution is -0.133. The van der Waals surface area contributed by atoms with Crippen LogP contribution >= 0.6 is 21.6 Å². The van der Waals surface area contributed by atoms with Crippen molar-refractivity contribution in [3.63, 3.8) is 0 Å². The Morgan fingerprint density at radius 1 is 1.15 bits per heavy atom. The average Bonchev–Trinajstić information content (AvgIpc) is 2.52. The van der Waals surface area contributed by atoms with E-state index in [0.29, 0.717) is 25.3 Å². The molecule has 0 aromatic heterocycles. The number of carbonyl (C=O) groups is 3. The van der Waals surface area contributed by atoms with E-state index in [2.05, 4.69) is 16.0 Å². The van der Waals surface area contributed by atoms with Crippen molar-refractivity contribution in [2.75, 3.05) is 18.7 Å². The third-order valence-corrected chi connectivity index (χ3v) is 5.35. The second-order valence-electron chi connectivity index (χ2n) is 7.46. The molecule has 0 radical (unpaired) electrons. The summed E-state index contributed by atoms with van der Waals surface area (Å²) in [6.45, 7) is 9.82. The molecule has 0 saturated carbocycles. The van der Waals surface area contributed by atoms with Gasteiger partial charge in [-0.15, -0.1) is 0 Å². The first-order chi connectivity index (χ1) is 12.0. The largest absolute Gasteiger partial charge is 0.352 e. The van der Waals surface area contributed by atoms with Crippen molar-refractivity contribution >= 4 is 39.3 Å². The zero-order chi connectivity index (χ0) is 20.3. The molecule has 0 aliphatic rings. The van der Waals surface area contributed by atoms with E-state index in [-0.39, 0.29) is 23.7 Å². The number of hydrogen-bond acceptors (Lipinski definition) is 6. The summed E-state index contributed by atoms with van der Waals surface area (Å²) in [5.41, 5.74) is 4.49. The third kappa shape index (κ3) is 10.3. The molecule has 0 rings (SSSR count). The van der Waals surface area contributed by atoms with E-state index in [4.69, 9.17) is 5.73 Å². The molecule has 7 nitrogen and oxygen atoms in total. The van der Waals surface area contributed by atoms with E-state index in [1.54, 1.807) is 21.6 Å². The van der Waals surface area contributed by atoms with Crippen LogP contribution in [0.3, 0.4) is 0 Å². The molecule has 152 valence electrons. The highest BCUT2D eigenvalue weighted by molar-refractivity contribution is 8.76. The number of amides is 3. The Labute approximate surface area is 165 Å². The van der Waals surface area contributed by atoms with E-state index >= 15 is 0 Å². The number of hydrogen-bond donors (Lipinski definition) is 4. The minimum atomic E-state index is -0.594. The fourth-order valence-electron chi connectivity index (χ4n) is 2.38. The van der Waals surface area contributed by atoms with Crippen molar-refractivity contribution in [2.45, 2.75) is 59.5 Å². The van der Waals surface area contributed by atoms with Crippen molar-refractivity contribution in [1.82, 2.24) is 16.0 Å². The summed E-state index contributed by atoms with van der Waals surface area (Å²) in [5, 5.41) is 8.64. The smallest absolute Gasteiger partial charge is 0.312 e. The molecular weight excluding hydrogens is 372 g/mol. The predicted octanol–water partition coefficient (Wildman–Crippen LogP) is 2.12. The summed E-state index contributed by atoms with van der Waals surface area (Å²) < 4.78 is 0. The quantitative estimate of drug-likeness (QED) is 0.224. The maximum absolute atomic E-state index is 12.7. The van der Waals surface area contributed by atoms with Crippen LogP contribution < -0.4 is 21.7 Å². The molecule has 0 saturated heterocycles. The van der Waals surface area contributed by atoms with Gasteiger partial charge in [-0.1, -0.05) is 56.2 Å². The van der Waals surface area contributed by atoms with Gasteiger partial charge in [-0.2, -0.15) is 0 Å². The van der Waals surface area contributed by atoms with Crippen molar-refractivity contribution in [2.24, 2.45) is 17.1 Å². The first-order valence-electron chi connectivity index (χ1n) is 8.77. The molecular formula is C17H34N4O3S2. The Hall–Kier alpha value is -0.930. The van der Waals surface area contributed by atoms with E-state index in [0.717, 1.165) is 0 Å². The monoisotopic (exact) mass is 406 g/mol. The van der Waals surface area contributed by atoms with Crippen LogP contribution in [-0.4, -0.2) is 48.5 Å².